The van der Waals surface area contributed by atoms with E-state index in [9.17, 15) is 30.0 Å². The fraction of sp³-hybridized carbons (Fsp3) is 0.394. The van der Waals surface area contributed by atoms with Crippen molar-refractivity contribution in [1.82, 2.24) is 39.4 Å². The zero-order valence-corrected chi connectivity index (χ0v) is 27.2. The van der Waals surface area contributed by atoms with Gasteiger partial charge >= 0.3 is 11.7 Å². The number of aryl methyl sites for hydroxylation is 1. The van der Waals surface area contributed by atoms with Crippen LogP contribution in [0.5, 0.6) is 5.88 Å². The lowest BCUT2D eigenvalue weighted by molar-refractivity contribution is 0.00761. The Hall–Kier alpha value is -5.52. The second-order valence-electron chi connectivity index (χ2n) is 12.8. The number of amides is 2. The van der Waals surface area contributed by atoms with Gasteiger partial charge in [-0.3, -0.25) is 9.55 Å². The first-order chi connectivity index (χ1) is 24.2. The highest BCUT2D eigenvalue weighted by Gasteiger charge is 2.46. The molecule has 17 heteroatoms. The van der Waals surface area contributed by atoms with Crippen LogP contribution < -0.4 is 26.5 Å². The number of aromatic hydroxyl groups is 1. The summed E-state index contributed by atoms with van der Waals surface area (Å²) in [6.07, 6.45) is 3.21. The average Bonchev–Trinajstić information content (AvgIpc) is 3.88. The third kappa shape index (κ3) is 6.45. The molecule has 2 amide bonds. The second-order valence-corrected chi connectivity index (χ2v) is 12.8. The molecule has 5 aromatic rings. The molecule has 0 bridgehead atoms. The van der Waals surface area contributed by atoms with Crippen LogP contribution in [0.2, 0.25) is 0 Å². The van der Waals surface area contributed by atoms with Gasteiger partial charge in [0.1, 0.15) is 12.2 Å². The Labute approximate surface area is 285 Å². The van der Waals surface area contributed by atoms with Gasteiger partial charge in [-0.05, 0) is 43.9 Å². The van der Waals surface area contributed by atoms with Gasteiger partial charge in [-0.15, -0.1) is 0 Å². The maximum absolute atomic E-state index is 12.7. The number of benzene rings is 1. The van der Waals surface area contributed by atoms with Crippen LogP contribution >= 0.6 is 0 Å². The molecule has 6 atom stereocenters. The number of carbonyl (C=O) groups is 1. The van der Waals surface area contributed by atoms with Crippen molar-refractivity contribution in [3.05, 3.63) is 82.9 Å². The highest BCUT2D eigenvalue weighted by atomic mass is 16.3. The van der Waals surface area contributed by atoms with Crippen molar-refractivity contribution in [2.75, 3.05) is 35.2 Å². The SMILES string of the molecule is Cc1[nH]c(=O)n([C@H]2C[C@@H](n3cnc4c(N[C@H](CO)Cc5ccccc5)nc(N5CC[C@@H](NC(=O)Nc6cccnc6)C5)nc43)[C@H](O)[C@@H]2O)c1O. The largest absolute Gasteiger partial charge is 0.493 e. The highest BCUT2D eigenvalue weighted by Crippen LogP contribution is 2.41. The number of H-pyrrole nitrogens is 1. The third-order valence-corrected chi connectivity index (χ3v) is 9.41. The number of urea groups is 1. The number of aliphatic hydroxyl groups is 3. The molecule has 1 aliphatic heterocycles. The number of fused-ring (bicyclic) bond motifs is 1. The molecule has 1 saturated heterocycles. The van der Waals surface area contributed by atoms with Crippen LogP contribution in [-0.2, 0) is 6.42 Å². The lowest BCUT2D eigenvalue weighted by Gasteiger charge is -2.22. The van der Waals surface area contributed by atoms with Gasteiger partial charge in [0.2, 0.25) is 11.8 Å². The molecule has 1 aromatic carbocycles. The number of aromatic amines is 1. The molecule has 1 saturated carbocycles. The van der Waals surface area contributed by atoms with Crippen LogP contribution in [0.1, 0.15) is 36.2 Å². The van der Waals surface area contributed by atoms with Crippen LogP contribution in [-0.4, -0.2) is 104 Å². The number of carbonyl (C=O) groups excluding carboxylic acids is 1. The van der Waals surface area contributed by atoms with Gasteiger partial charge in [0, 0.05) is 25.3 Å². The van der Waals surface area contributed by atoms with E-state index in [4.69, 9.17) is 9.97 Å². The van der Waals surface area contributed by atoms with E-state index in [1.807, 2.05) is 35.2 Å². The number of aromatic nitrogens is 7. The number of hydrogen-bond acceptors (Lipinski definition) is 12. The maximum atomic E-state index is 12.7. The van der Waals surface area contributed by atoms with E-state index >= 15 is 0 Å². The molecule has 17 nitrogen and oxygen atoms in total. The van der Waals surface area contributed by atoms with Gasteiger partial charge < -0.3 is 50.8 Å². The molecule has 1 aliphatic carbocycles. The molecule has 0 unspecified atom stereocenters. The molecule has 50 heavy (non-hydrogen) atoms. The van der Waals surface area contributed by atoms with Gasteiger partial charge in [0.05, 0.1) is 48.6 Å². The Balaban J connectivity index is 1.19. The first-order valence-electron chi connectivity index (χ1n) is 16.4. The lowest BCUT2D eigenvalue weighted by Crippen LogP contribution is -2.40. The minimum absolute atomic E-state index is 0.0929. The Bertz CT molecular complexity index is 2020. The van der Waals surface area contributed by atoms with E-state index in [1.54, 1.807) is 36.0 Å². The fourth-order valence-electron chi connectivity index (χ4n) is 6.87. The summed E-state index contributed by atoms with van der Waals surface area (Å²) < 4.78 is 2.71. The predicted molar refractivity (Wildman–Crippen MR) is 183 cm³/mol. The monoisotopic (exact) mass is 685 g/mol. The predicted octanol–water partition coefficient (Wildman–Crippen LogP) is 1.05. The van der Waals surface area contributed by atoms with E-state index in [0.717, 1.165) is 10.1 Å². The molecule has 262 valence electrons. The zero-order valence-electron chi connectivity index (χ0n) is 27.2. The number of pyridine rings is 1. The van der Waals surface area contributed by atoms with E-state index in [-0.39, 0.29) is 36.7 Å². The van der Waals surface area contributed by atoms with Gasteiger partial charge in [0.15, 0.2) is 17.0 Å². The molecule has 2 aliphatic rings. The molecular weight excluding hydrogens is 646 g/mol. The van der Waals surface area contributed by atoms with Gasteiger partial charge in [-0.25, -0.2) is 14.6 Å². The lowest BCUT2D eigenvalue weighted by atomic mass is 10.1. The number of nitrogens with zero attached hydrogens (tertiary/aromatic N) is 7. The van der Waals surface area contributed by atoms with Crippen molar-refractivity contribution in [3.63, 3.8) is 0 Å². The van der Waals surface area contributed by atoms with Gasteiger partial charge in [0.25, 0.3) is 0 Å². The van der Waals surface area contributed by atoms with Gasteiger partial charge in [-0.1, -0.05) is 30.3 Å². The van der Waals surface area contributed by atoms with E-state index in [0.29, 0.717) is 54.5 Å². The summed E-state index contributed by atoms with van der Waals surface area (Å²) in [6, 6.07) is 10.5. The Morgan fingerprint density at radius 3 is 2.62 bits per heavy atom. The van der Waals surface area contributed by atoms with E-state index < -0.39 is 36.0 Å². The standard InChI is InChI=1S/C33H39N11O6/c1-18-30(48)44(33(50)36-18)24-13-23(26(46)27(24)47)43-17-35-25-28(37-22(16-45)12-19-6-3-2-4-7-19)40-31(41-29(25)43)42-11-9-21(15-42)39-32(49)38-20-8-5-10-34-14-20/h2-8,10,14,17,21-24,26-27,45-48H,9,11-13,15-16H2,1H3,(H,36,50)(H,37,40,41)(H2,38,39,49)/t21-,22+,23-,24+,26+,27-/m1/s1. The van der Waals surface area contributed by atoms with Crippen LogP contribution in [0.3, 0.4) is 0 Å². The summed E-state index contributed by atoms with van der Waals surface area (Å²) in [5.74, 6) is 0.400. The molecule has 5 heterocycles. The molecule has 7 rings (SSSR count). The molecule has 4 aromatic heterocycles. The number of anilines is 3. The smallest absolute Gasteiger partial charge is 0.328 e. The van der Waals surface area contributed by atoms with Crippen LogP contribution in [0, 0.1) is 6.92 Å². The number of nitrogens with one attached hydrogen (secondary N) is 4. The summed E-state index contributed by atoms with van der Waals surface area (Å²) >= 11 is 0. The minimum Gasteiger partial charge on any atom is -0.493 e. The Morgan fingerprint density at radius 2 is 1.90 bits per heavy atom. The zero-order chi connectivity index (χ0) is 34.9. The Kier molecular flexibility index (Phi) is 9.09. The highest BCUT2D eigenvalue weighted by molar-refractivity contribution is 5.89. The summed E-state index contributed by atoms with van der Waals surface area (Å²) in [5.41, 5.74) is 1.98. The maximum Gasteiger partial charge on any atom is 0.328 e. The normalized spacial score (nSPS) is 22.6. The topological polar surface area (TPSA) is 232 Å². The minimum atomic E-state index is -1.37. The molecule has 0 spiro atoms. The third-order valence-electron chi connectivity index (χ3n) is 9.41. The van der Waals surface area contributed by atoms with Crippen molar-refractivity contribution in [2.24, 2.45) is 0 Å². The number of rotatable bonds is 10. The van der Waals surface area contributed by atoms with Gasteiger partial charge in [-0.2, -0.15) is 9.97 Å². The molecule has 0 radical (unpaired) electrons. The molecule has 8 N–H and O–H groups in total. The van der Waals surface area contributed by atoms with Crippen molar-refractivity contribution in [3.8, 4) is 5.88 Å². The molecular formula is C33H39N11O6. The van der Waals surface area contributed by atoms with Crippen LogP contribution in [0.15, 0.2) is 66.0 Å². The average molecular weight is 686 g/mol. The van der Waals surface area contributed by atoms with Crippen molar-refractivity contribution in [1.29, 1.82) is 0 Å². The van der Waals surface area contributed by atoms with Crippen molar-refractivity contribution in [2.45, 2.75) is 62.6 Å². The summed E-state index contributed by atoms with van der Waals surface area (Å²) in [6.45, 7) is 2.30. The van der Waals surface area contributed by atoms with Crippen LogP contribution in [0.4, 0.5) is 22.2 Å². The van der Waals surface area contributed by atoms with Crippen LogP contribution in [0.25, 0.3) is 11.2 Å². The number of aliphatic hydroxyl groups excluding tert-OH is 3. The van der Waals surface area contributed by atoms with E-state index in [1.165, 1.54) is 6.33 Å². The quantitative estimate of drug-likeness (QED) is 0.103. The fourth-order valence-corrected chi connectivity index (χ4v) is 6.87. The summed E-state index contributed by atoms with van der Waals surface area (Å²) in [5, 5.41) is 52.4. The van der Waals surface area contributed by atoms with Crippen molar-refractivity contribution < 1.29 is 25.2 Å². The first kappa shape index (κ1) is 33.0. The number of imidazole rings is 2. The van der Waals surface area contributed by atoms with E-state index in [2.05, 4.69) is 30.9 Å². The summed E-state index contributed by atoms with van der Waals surface area (Å²) in [7, 11) is 0. The van der Waals surface area contributed by atoms with Crippen molar-refractivity contribution >= 4 is 34.6 Å². The second kappa shape index (κ2) is 13.8. The Morgan fingerprint density at radius 1 is 1.10 bits per heavy atom. The molecule has 2 fully saturated rings. The first-order valence-corrected chi connectivity index (χ1v) is 16.4. The number of hydrogen-bond donors (Lipinski definition) is 8. The summed E-state index contributed by atoms with van der Waals surface area (Å²) in [4.78, 5) is 48.2.